The van der Waals surface area contributed by atoms with Gasteiger partial charge in [-0.2, -0.15) is 0 Å². The lowest BCUT2D eigenvalue weighted by Crippen LogP contribution is -2.49. The first-order valence-corrected chi connectivity index (χ1v) is 9.55. The highest BCUT2D eigenvalue weighted by molar-refractivity contribution is 7.89. The van der Waals surface area contributed by atoms with Crippen LogP contribution in [0.25, 0.3) is 0 Å². The summed E-state index contributed by atoms with van der Waals surface area (Å²) in [6, 6.07) is 9.49. The topological polar surface area (TPSA) is 84.2 Å². The number of fused-ring (bicyclic) bond motifs is 1. The van der Waals surface area contributed by atoms with E-state index in [9.17, 15) is 8.42 Å². The van der Waals surface area contributed by atoms with Crippen LogP contribution in [-0.4, -0.2) is 22.5 Å². The van der Waals surface area contributed by atoms with Crippen molar-refractivity contribution in [2.45, 2.75) is 4.90 Å². The smallest absolute Gasteiger partial charge is 0.265 e. The van der Waals surface area contributed by atoms with Crippen LogP contribution in [0.5, 0.6) is 0 Å². The van der Waals surface area contributed by atoms with Gasteiger partial charge in [0, 0.05) is 11.8 Å². The minimum Gasteiger partial charge on any atom is -0.399 e. The molecule has 0 aliphatic carbocycles. The number of nitrogens with zero attached hydrogens (tertiary/aromatic N) is 1. The van der Waals surface area contributed by atoms with Crippen LogP contribution in [0.3, 0.4) is 0 Å². The molecule has 0 unspecified atom stereocenters. The van der Waals surface area contributed by atoms with Gasteiger partial charge in [-0.15, -0.1) is 0 Å². The van der Waals surface area contributed by atoms with Gasteiger partial charge in [-0.05, 0) is 30.3 Å². The molecule has 0 amide bonds. The van der Waals surface area contributed by atoms with Crippen molar-refractivity contribution >= 4 is 50.3 Å². The molecule has 6 nitrogen and oxygen atoms in total. The maximum absolute atomic E-state index is 12.7. The number of nitrogens with one attached hydrogen (secondary N) is 2. The summed E-state index contributed by atoms with van der Waals surface area (Å²) < 4.78 is 28.1. The minimum atomic E-state index is -3.76. The van der Waals surface area contributed by atoms with Gasteiger partial charge < -0.3 is 11.1 Å². The van der Waals surface area contributed by atoms with E-state index in [-0.39, 0.29) is 9.38 Å². The maximum Gasteiger partial charge on any atom is 0.265 e. The zero-order chi connectivity index (χ0) is 18.4. The van der Waals surface area contributed by atoms with Crippen LogP contribution in [0, 0.1) is 0 Å². The van der Waals surface area contributed by atoms with Crippen molar-refractivity contribution in [3.05, 3.63) is 58.5 Å². The molecular weight excluding hydrogens is 383 g/mol. The third-order valence-electron chi connectivity index (χ3n) is 4.06. The fourth-order valence-corrected chi connectivity index (χ4v) is 4.11. The van der Waals surface area contributed by atoms with E-state index in [2.05, 4.69) is 10.0 Å². The maximum atomic E-state index is 12.7. The highest BCUT2D eigenvalue weighted by atomic mass is 35.5. The second kappa shape index (κ2) is 6.10. The number of nitrogen functional groups attached to an aromatic ring is 1. The van der Waals surface area contributed by atoms with E-state index in [1.807, 2.05) is 14.1 Å². The third-order valence-corrected chi connectivity index (χ3v) is 6.23. The summed E-state index contributed by atoms with van der Waals surface area (Å²) in [6.45, 7) is 0. The second-order valence-electron chi connectivity index (χ2n) is 6.06. The van der Waals surface area contributed by atoms with Crippen molar-refractivity contribution in [1.82, 2.24) is 9.21 Å². The van der Waals surface area contributed by atoms with E-state index in [0.29, 0.717) is 27.2 Å². The van der Waals surface area contributed by atoms with Crippen molar-refractivity contribution in [1.29, 1.82) is 0 Å². The van der Waals surface area contributed by atoms with Crippen molar-refractivity contribution in [2.75, 3.05) is 25.1 Å². The lowest BCUT2D eigenvalue weighted by atomic mass is 10.2. The predicted molar refractivity (Wildman–Crippen MR) is 103 cm³/mol. The summed E-state index contributed by atoms with van der Waals surface area (Å²) in [4.78, 5) is 0.127. The Morgan fingerprint density at radius 2 is 1.72 bits per heavy atom. The van der Waals surface area contributed by atoms with Gasteiger partial charge in [0.25, 0.3) is 10.0 Å². The standard InChI is InChI=1S/C16H17Cl2N4O2S/c1-22(2)13-8-7-12(17)15(18)16(13)20-9-14(22)21-25(23,24)11-5-3-10(19)4-6-11/h3-9,20-21H,19H2,1-2H3/q+1. The Morgan fingerprint density at radius 3 is 2.36 bits per heavy atom. The normalized spacial score (nSPS) is 15.8. The van der Waals surface area contributed by atoms with Gasteiger partial charge in [0.05, 0.1) is 35.2 Å². The fourth-order valence-electron chi connectivity index (χ4n) is 2.56. The summed E-state index contributed by atoms with van der Waals surface area (Å²) in [6.07, 6.45) is 1.57. The number of anilines is 2. The molecule has 9 heteroatoms. The number of hydrogen-bond donors (Lipinski definition) is 3. The summed E-state index contributed by atoms with van der Waals surface area (Å²) in [5.74, 6) is 0.433. The third kappa shape index (κ3) is 3.16. The zero-order valence-electron chi connectivity index (χ0n) is 13.5. The molecule has 0 saturated carbocycles. The number of benzene rings is 2. The quantitative estimate of drug-likeness (QED) is 0.545. The number of halogens is 2. The van der Waals surface area contributed by atoms with Gasteiger partial charge in [0.2, 0.25) is 5.82 Å². The van der Waals surface area contributed by atoms with E-state index < -0.39 is 10.0 Å². The number of nitrogens with two attached hydrogens (primary N) is 1. The summed E-state index contributed by atoms with van der Waals surface area (Å²) in [7, 11) is -0.0601. The van der Waals surface area contributed by atoms with Crippen molar-refractivity contribution in [2.24, 2.45) is 0 Å². The summed E-state index contributed by atoms with van der Waals surface area (Å²) in [5, 5.41) is 3.83. The molecular formula is C16H17Cl2N4O2S+. The Balaban J connectivity index is 1.98. The molecule has 2 aromatic rings. The molecule has 132 valence electrons. The van der Waals surface area contributed by atoms with Crippen molar-refractivity contribution < 1.29 is 8.42 Å². The van der Waals surface area contributed by atoms with Crippen molar-refractivity contribution in [3.8, 4) is 0 Å². The largest absolute Gasteiger partial charge is 0.399 e. The Hall–Kier alpha value is -1.93. The molecule has 3 rings (SSSR count). The Kier molecular flexibility index (Phi) is 4.36. The lowest BCUT2D eigenvalue weighted by molar-refractivity contribution is 0.464. The van der Waals surface area contributed by atoms with Crippen LogP contribution >= 0.6 is 23.2 Å². The molecule has 0 bridgehead atoms. The minimum absolute atomic E-state index is 0.127. The number of hydrogen-bond acceptors (Lipinski definition) is 4. The lowest BCUT2D eigenvalue weighted by Gasteiger charge is -2.35. The zero-order valence-corrected chi connectivity index (χ0v) is 15.9. The summed E-state index contributed by atoms with van der Waals surface area (Å²) >= 11 is 12.3. The van der Waals surface area contributed by atoms with Crippen LogP contribution < -0.4 is 20.3 Å². The molecule has 0 aromatic heterocycles. The molecule has 1 heterocycles. The SMILES string of the molecule is C[N+]1(C)C(NS(=O)(=O)c2ccc(N)cc2)=CNc2c1ccc(Cl)c2Cl. The Morgan fingerprint density at radius 1 is 1.08 bits per heavy atom. The first-order valence-electron chi connectivity index (χ1n) is 7.31. The number of sulfonamides is 1. The molecule has 2 aromatic carbocycles. The predicted octanol–water partition coefficient (Wildman–Crippen LogP) is 3.35. The highest BCUT2D eigenvalue weighted by Crippen LogP contribution is 2.43. The van der Waals surface area contributed by atoms with E-state index >= 15 is 0 Å². The molecule has 1 aliphatic rings. The van der Waals surface area contributed by atoms with Gasteiger partial charge in [-0.25, -0.2) is 17.6 Å². The second-order valence-corrected chi connectivity index (χ2v) is 8.52. The summed E-state index contributed by atoms with van der Waals surface area (Å²) in [5.41, 5.74) is 7.54. The molecule has 25 heavy (non-hydrogen) atoms. The Labute approximate surface area is 156 Å². The number of quaternary nitrogens is 1. The fraction of sp³-hybridized carbons (Fsp3) is 0.125. The van der Waals surface area contributed by atoms with Crippen molar-refractivity contribution in [3.63, 3.8) is 0 Å². The highest BCUT2D eigenvalue weighted by Gasteiger charge is 2.36. The van der Waals surface area contributed by atoms with E-state index in [1.54, 1.807) is 30.5 Å². The first kappa shape index (κ1) is 17.9. The molecule has 0 radical (unpaired) electrons. The molecule has 1 aliphatic heterocycles. The average molecular weight is 400 g/mol. The van der Waals surface area contributed by atoms with E-state index in [4.69, 9.17) is 28.9 Å². The molecule has 0 spiro atoms. The van der Waals surface area contributed by atoms with Crippen LogP contribution in [0.2, 0.25) is 10.0 Å². The Bertz CT molecular complexity index is 970. The molecule has 0 atom stereocenters. The number of rotatable bonds is 3. The van der Waals surface area contributed by atoms with Crippen LogP contribution in [-0.2, 0) is 10.0 Å². The molecule has 0 saturated heterocycles. The van der Waals surface area contributed by atoms with Gasteiger partial charge >= 0.3 is 0 Å². The van der Waals surface area contributed by atoms with E-state index in [0.717, 1.165) is 5.69 Å². The molecule has 0 fully saturated rings. The first-order chi connectivity index (χ1) is 11.6. The monoisotopic (exact) mass is 399 g/mol. The van der Waals surface area contributed by atoms with E-state index in [1.165, 1.54) is 12.1 Å². The van der Waals surface area contributed by atoms with Gasteiger partial charge in [0.1, 0.15) is 5.69 Å². The van der Waals surface area contributed by atoms with Gasteiger partial charge in [-0.1, -0.05) is 23.2 Å². The van der Waals surface area contributed by atoms with Crippen LogP contribution in [0.4, 0.5) is 17.1 Å². The molecule has 4 N–H and O–H groups in total. The van der Waals surface area contributed by atoms with Crippen LogP contribution in [0.1, 0.15) is 0 Å². The van der Waals surface area contributed by atoms with Gasteiger partial charge in [-0.3, -0.25) is 0 Å². The van der Waals surface area contributed by atoms with Crippen LogP contribution in [0.15, 0.2) is 53.3 Å². The average Bonchev–Trinajstić information content (AvgIpc) is 2.54. The van der Waals surface area contributed by atoms with Gasteiger partial charge in [0.15, 0.2) is 5.69 Å².